The number of nitrogens with zero attached hydrogens (tertiary/aromatic N) is 2. The SMILES string of the molecule is C=CC=O.CNC1CCN(c2ccc(Nc3ccc(C)c(Oc4ccnc5cc(OC)c(OC)cc45)c3)cc2C(F)(F)F)CC1.NC=O. The van der Waals surface area contributed by atoms with Crippen molar-refractivity contribution >= 4 is 40.7 Å². The lowest BCUT2D eigenvalue weighted by molar-refractivity contribution is -0.137. The highest BCUT2D eigenvalue weighted by molar-refractivity contribution is 5.88. The quantitative estimate of drug-likeness (QED) is 0.131. The zero-order valence-electron chi connectivity index (χ0n) is 27.3. The molecule has 0 aliphatic carbocycles. The highest BCUT2D eigenvalue weighted by Crippen LogP contribution is 2.41. The summed E-state index contributed by atoms with van der Waals surface area (Å²) in [6.45, 7) is 6.16. The van der Waals surface area contributed by atoms with Crippen LogP contribution in [0.15, 0.2) is 73.4 Å². The number of pyridine rings is 1. The minimum atomic E-state index is -4.49. The zero-order chi connectivity index (χ0) is 35.3. The second-order valence-corrected chi connectivity index (χ2v) is 10.5. The third-order valence-corrected chi connectivity index (χ3v) is 7.55. The fourth-order valence-corrected chi connectivity index (χ4v) is 5.14. The third kappa shape index (κ3) is 9.61. The summed E-state index contributed by atoms with van der Waals surface area (Å²) in [6, 6.07) is 15.5. The highest BCUT2D eigenvalue weighted by atomic mass is 19.4. The molecule has 1 fully saturated rings. The predicted octanol–water partition coefficient (Wildman–Crippen LogP) is 6.78. The van der Waals surface area contributed by atoms with Crippen LogP contribution in [0.5, 0.6) is 23.0 Å². The summed E-state index contributed by atoms with van der Waals surface area (Å²) in [5.41, 5.74) is 6.19. The number of anilines is 3. The van der Waals surface area contributed by atoms with E-state index in [1.807, 2.05) is 31.0 Å². The van der Waals surface area contributed by atoms with Gasteiger partial charge in [-0.3, -0.25) is 14.6 Å². The molecule has 0 saturated carbocycles. The standard InChI is InChI=1S/C31H33F3N4O3.C3H4O.CH3NO/c1-19-5-6-22(16-28(19)41-27-9-12-36-25-18-30(40-4)29(39-3)17-23(25)27)37-21-7-8-26(24(15-21)31(32,33)34)38-13-10-20(35-2)11-14-38;1-2-3-4;2-1-3/h5-9,12,15-18,20,35,37H,10-11,13-14H2,1-4H3;2-3H,1H2;1H,(H2,2,3). The molecule has 1 amide bonds. The number of piperidine rings is 1. The average molecular weight is 668 g/mol. The zero-order valence-corrected chi connectivity index (χ0v) is 27.3. The lowest BCUT2D eigenvalue weighted by Crippen LogP contribution is -2.41. The van der Waals surface area contributed by atoms with E-state index >= 15 is 0 Å². The fraction of sp³-hybridized carbons (Fsp3) is 0.286. The lowest BCUT2D eigenvalue weighted by Gasteiger charge is -2.35. The Labute approximate surface area is 277 Å². The van der Waals surface area contributed by atoms with Gasteiger partial charge in [-0.2, -0.15) is 13.2 Å². The molecule has 0 bridgehead atoms. The second-order valence-electron chi connectivity index (χ2n) is 10.5. The van der Waals surface area contributed by atoms with Crippen LogP contribution < -0.4 is 35.5 Å². The van der Waals surface area contributed by atoms with Crippen LogP contribution in [0, 0.1) is 6.92 Å². The molecule has 4 N–H and O–H groups in total. The van der Waals surface area contributed by atoms with Crippen molar-refractivity contribution in [2.75, 3.05) is 44.6 Å². The molecule has 0 unspecified atom stereocenters. The molecule has 48 heavy (non-hydrogen) atoms. The number of allylic oxidation sites excluding steroid dienone is 1. The molecular weight excluding hydrogens is 627 g/mol. The molecule has 0 atom stereocenters. The number of carbonyl (C=O) groups is 2. The molecule has 256 valence electrons. The van der Waals surface area contributed by atoms with E-state index in [0.29, 0.717) is 65.3 Å². The van der Waals surface area contributed by atoms with Crippen molar-refractivity contribution in [3.05, 3.63) is 84.6 Å². The van der Waals surface area contributed by atoms with Crippen LogP contribution in [-0.2, 0) is 15.8 Å². The van der Waals surface area contributed by atoms with Gasteiger partial charge in [-0.05, 0) is 74.9 Å². The van der Waals surface area contributed by atoms with Crippen LogP contribution in [0.2, 0.25) is 0 Å². The molecule has 3 aromatic carbocycles. The second kappa shape index (κ2) is 17.6. The number of carbonyl (C=O) groups excluding carboxylic acids is 2. The van der Waals surface area contributed by atoms with Crippen molar-refractivity contribution in [1.82, 2.24) is 10.3 Å². The Morgan fingerprint density at radius 3 is 2.12 bits per heavy atom. The summed E-state index contributed by atoms with van der Waals surface area (Å²) in [4.78, 5) is 23.9. The van der Waals surface area contributed by atoms with Gasteiger partial charge >= 0.3 is 6.18 Å². The number of nitrogens with one attached hydrogen (secondary N) is 2. The first kappa shape index (κ1) is 37.2. The molecule has 0 spiro atoms. The Hall–Kier alpha value is -5.30. The van der Waals surface area contributed by atoms with Gasteiger partial charge in [0.1, 0.15) is 17.8 Å². The number of ether oxygens (including phenoxy) is 3. The summed E-state index contributed by atoms with van der Waals surface area (Å²) in [6.07, 6.45) is 0.836. The monoisotopic (exact) mass is 667 g/mol. The first-order valence-electron chi connectivity index (χ1n) is 14.9. The summed E-state index contributed by atoms with van der Waals surface area (Å²) >= 11 is 0. The van der Waals surface area contributed by atoms with E-state index in [1.54, 1.807) is 56.8 Å². The Kier molecular flexibility index (Phi) is 13.6. The highest BCUT2D eigenvalue weighted by Gasteiger charge is 2.36. The minimum Gasteiger partial charge on any atom is -0.493 e. The van der Waals surface area contributed by atoms with E-state index in [9.17, 15) is 13.2 Å². The number of nitrogens with two attached hydrogens (primary N) is 1. The fourth-order valence-electron chi connectivity index (χ4n) is 5.14. The normalized spacial score (nSPS) is 12.9. The molecule has 10 nitrogen and oxygen atoms in total. The van der Waals surface area contributed by atoms with Gasteiger partial charge in [-0.1, -0.05) is 12.6 Å². The van der Waals surface area contributed by atoms with E-state index in [-0.39, 0.29) is 12.1 Å². The number of primary amides is 1. The van der Waals surface area contributed by atoms with E-state index < -0.39 is 11.7 Å². The smallest absolute Gasteiger partial charge is 0.418 e. The Morgan fingerprint density at radius 1 is 0.938 bits per heavy atom. The van der Waals surface area contributed by atoms with Crippen molar-refractivity contribution in [2.24, 2.45) is 5.73 Å². The first-order valence-corrected chi connectivity index (χ1v) is 14.9. The van der Waals surface area contributed by atoms with Gasteiger partial charge in [0.15, 0.2) is 11.5 Å². The van der Waals surface area contributed by atoms with Crippen LogP contribution in [-0.4, -0.2) is 58.1 Å². The molecule has 13 heteroatoms. The van der Waals surface area contributed by atoms with Crippen molar-refractivity contribution in [3.8, 4) is 23.0 Å². The maximum Gasteiger partial charge on any atom is 0.418 e. The maximum absolute atomic E-state index is 14.1. The number of aromatic nitrogens is 1. The molecular formula is C35H40F3N5O5. The van der Waals surface area contributed by atoms with Gasteiger partial charge in [0, 0.05) is 59.9 Å². The van der Waals surface area contributed by atoms with Crippen molar-refractivity contribution in [3.63, 3.8) is 0 Å². The largest absolute Gasteiger partial charge is 0.493 e. The number of methoxy groups -OCH3 is 2. The summed E-state index contributed by atoms with van der Waals surface area (Å²) in [5.74, 6) is 2.21. The van der Waals surface area contributed by atoms with Gasteiger partial charge in [-0.25, -0.2) is 0 Å². The number of benzene rings is 3. The molecule has 0 radical (unpaired) electrons. The van der Waals surface area contributed by atoms with Gasteiger partial charge in [0.05, 0.1) is 25.3 Å². The van der Waals surface area contributed by atoms with E-state index in [4.69, 9.17) is 23.8 Å². The van der Waals surface area contributed by atoms with E-state index in [1.165, 1.54) is 12.1 Å². The molecule has 4 aromatic rings. The maximum atomic E-state index is 14.1. The molecule has 1 saturated heterocycles. The number of alkyl halides is 3. The Bertz CT molecular complexity index is 1690. The Morgan fingerprint density at radius 2 is 1.54 bits per heavy atom. The topological polar surface area (TPSA) is 128 Å². The van der Waals surface area contributed by atoms with Gasteiger partial charge in [0.2, 0.25) is 6.41 Å². The molecule has 1 aliphatic rings. The summed E-state index contributed by atoms with van der Waals surface area (Å²) in [5, 5.41) is 7.07. The summed E-state index contributed by atoms with van der Waals surface area (Å²) in [7, 11) is 5.00. The van der Waals surface area contributed by atoms with Crippen molar-refractivity contribution < 1.29 is 37.0 Å². The number of halogens is 3. The molecule has 2 heterocycles. The number of aryl methyl sites for hydroxylation is 1. The van der Waals surface area contributed by atoms with Gasteiger partial charge < -0.3 is 35.5 Å². The number of hydrogen-bond donors (Lipinski definition) is 3. The number of fused-ring (bicyclic) bond motifs is 1. The number of rotatable bonds is 9. The third-order valence-electron chi connectivity index (χ3n) is 7.55. The Balaban J connectivity index is 0.000000818. The van der Waals surface area contributed by atoms with Crippen molar-refractivity contribution in [1.29, 1.82) is 0 Å². The molecule has 1 aliphatic heterocycles. The van der Waals surface area contributed by atoms with Gasteiger partial charge in [-0.15, -0.1) is 0 Å². The van der Waals surface area contributed by atoms with Crippen LogP contribution >= 0.6 is 0 Å². The van der Waals surface area contributed by atoms with Crippen LogP contribution in [0.25, 0.3) is 10.9 Å². The van der Waals surface area contributed by atoms with E-state index in [2.05, 4.69) is 27.9 Å². The van der Waals surface area contributed by atoms with Crippen LogP contribution in [0.3, 0.4) is 0 Å². The predicted molar refractivity (Wildman–Crippen MR) is 182 cm³/mol. The number of amides is 1. The number of aldehydes is 1. The van der Waals surface area contributed by atoms with Crippen molar-refractivity contribution in [2.45, 2.75) is 32.0 Å². The van der Waals surface area contributed by atoms with E-state index in [0.717, 1.165) is 23.8 Å². The minimum absolute atomic E-state index is 0.210. The summed E-state index contributed by atoms with van der Waals surface area (Å²) < 4.78 is 59.6. The molecule has 5 rings (SSSR count). The average Bonchev–Trinajstić information content (AvgIpc) is 3.09. The lowest BCUT2D eigenvalue weighted by atomic mass is 10.0. The number of hydrogen-bond acceptors (Lipinski definition) is 9. The van der Waals surface area contributed by atoms with Gasteiger partial charge in [0.25, 0.3) is 0 Å². The van der Waals surface area contributed by atoms with Crippen LogP contribution in [0.1, 0.15) is 24.0 Å². The first-order chi connectivity index (χ1) is 23.0. The molecule has 1 aromatic heterocycles. The van der Waals surface area contributed by atoms with Crippen LogP contribution in [0.4, 0.5) is 30.2 Å².